The van der Waals surface area contributed by atoms with Gasteiger partial charge in [0, 0.05) is 25.7 Å². The summed E-state index contributed by atoms with van der Waals surface area (Å²) in [5.41, 5.74) is 0. The minimum Gasteiger partial charge on any atom is -0.313 e. The van der Waals surface area contributed by atoms with E-state index in [0.29, 0.717) is 12.1 Å². The Hall–Kier alpha value is -0.940. The first-order chi connectivity index (χ1) is 7.20. The highest BCUT2D eigenvalue weighted by molar-refractivity contribution is 4.67. The second-order valence-electron chi connectivity index (χ2n) is 4.04. The minimum atomic E-state index is 0.353. The first-order valence-electron chi connectivity index (χ1n) is 5.48. The summed E-state index contributed by atoms with van der Waals surface area (Å²) in [4.78, 5) is 3.92. The van der Waals surface area contributed by atoms with Gasteiger partial charge in [-0.05, 0) is 6.92 Å². The lowest BCUT2D eigenvalue weighted by molar-refractivity contribution is 0.446. The maximum absolute atomic E-state index is 4.09. The number of nitrogens with one attached hydrogen (secondary N) is 2. The Bertz CT molecular complexity index is 244. The van der Waals surface area contributed by atoms with Crippen LogP contribution in [0.3, 0.4) is 0 Å². The Morgan fingerprint density at radius 1 is 1.27 bits per heavy atom. The molecule has 1 aromatic rings. The molecule has 0 aliphatic rings. The predicted octanol–water partition coefficient (Wildman–Crippen LogP) is 0.427. The Labute approximate surface area is 91.3 Å². The fourth-order valence-corrected chi connectivity index (χ4v) is 1.30. The van der Waals surface area contributed by atoms with Crippen LogP contribution < -0.4 is 10.6 Å². The molecule has 0 saturated heterocycles. The summed E-state index contributed by atoms with van der Waals surface area (Å²) < 4.78 is 1.86. The largest absolute Gasteiger partial charge is 0.313 e. The molecule has 1 aromatic heterocycles. The number of hydrogen-bond donors (Lipinski definition) is 2. The highest BCUT2D eigenvalue weighted by Crippen LogP contribution is 1.98. The lowest BCUT2D eigenvalue weighted by Crippen LogP contribution is -2.33. The normalized spacial score (nSPS) is 13.3. The molecule has 0 radical (unpaired) electrons. The van der Waals surface area contributed by atoms with E-state index in [4.69, 9.17) is 0 Å². The molecule has 0 bridgehead atoms. The highest BCUT2D eigenvalue weighted by atomic mass is 15.3. The molecule has 0 amide bonds. The molecule has 0 aliphatic heterocycles. The lowest BCUT2D eigenvalue weighted by atomic mass is 10.3. The molecule has 2 N–H and O–H groups in total. The van der Waals surface area contributed by atoms with Crippen molar-refractivity contribution in [2.75, 3.05) is 19.6 Å². The molecular formula is C10H21N5. The summed E-state index contributed by atoms with van der Waals surface area (Å²) >= 11 is 0. The van der Waals surface area contributed by atoms with Crippen LogP contribution in [-0.2, 0) is 0 Å². The first kappa shape index (κ1) is 12.1. The van der Waals surface area contributed by atoms with Gasteiger partial charge in [-0.1, -0.05) is 13.8 Å². The van der Waals surface area contributed by atoms with Crippen LogP contribution in [0.5, 0.6) is 0 Å². The van der Waals surface area contributed by atoms with Crippen molar-refractivity contribution in [2.24, 2.45) is 0 Å². The zero-order chi connectivity index (χ0) is 11.1. The summed E-state index contributed by atoms with van der Waals surface area (Å²) in [5, 5.41) is 10.8. The van der Waals surface area contributed by atoms with Crippen LogP contribution in [0.15, 0.2) is 12.7 Å². The Balaban J connectivity index is 2.05. The molecule has 1 atom stereocenters. The van der Waals surface area contributed by atoms with E-state index in [-0.39, 0.29) is 0 Å². The van der Waals surface area contributed by atoms with Crippen molar-refractivity contribution in [1.82, 2.24) is 25.4 Å². The zero-order valence-electron chi connectivity index (χ0n) is 9.77. The van der Waals surface area contributed by atoms with Gasteiger partial charge in [0.1, 0.15) is 12.7 Å². The fourth-order valence-electron chi connectivity index (χ4n) is 1.30. The van der Waals surface area contributed by atoms with Crippen LogP contribution in [0.2, 0.25) is 0 Å². The first-order valence-corrected chi connectivity index (χ1v) is 5.48. The van der Waals surface area contributed by atoms with Crippen molar-refractivity contribution >= 4 is 0 Å². The molecule has 0 spiro atoms. The molecule has 86 valence electrons. The van der Waals surface area contributed by atoms with E-state index < -0.39 is 0 Å². The number of nitrogens with zero attached hydrogens (tertiary/aromatic N) is 3. The van der Waals surface area contributed by atoms with E-state index in [1.54, 1.807) is 12.7 Å². The van der Waals surface area contributed by atoms with Crippen LogP contribution in [0.25, 0.3) is 0 Å². The number of aromatic nitrogens is 3. The van der Waals surface area contributed by atoms with Gasteiger partial charge in [0.2, 0.25) is 0 Å². The second kappa shape index (κ2) is 6.53. The smallest absolute Gasteiger partial charge is 0.137 e. The van der Waals surface area contributed by atoms with E-state index in [9.17, 15) is 0 Å². The number of hydrogen-bond acceptors (Lipinski definition) is 4. The van der Waals surface area contributed by atoms with Crippen LogP contribution in [-0.4, -0.2) is 40.4 Å². The fraction of sp³-hybridized carbons (Fsp3) is 0.800. The van der Waals surface area contributed by atoms with Gasteiger partial charge in [-0.3, -0.25) is 0 Å². The van der Waals surface area contributed by atoms with Gasteiger partial charge in [-0.2, -0.15) is 5.10 Å². The van der Waals surface area contributed by atoms with Gasteiger partial charge in [0.15, 0.2) is 0 Å². The maximum atomic E-state index is 4.09. The van der Waals surface area contributed by atoms with Crippen molar-refractivity contribution in [3.8, 4) is 0 Å². The van der Waals surface area contributed by atoms with Gasteiger partial charge < -0.3 is 10.6 Å². The average molecular weight is 211 g/mol. The van der Waals surface area contributed by atoms with Crippen molar-refractivity contribution < 1.29 is 0 Å². The molecule has 5 heteroatoms. The standard InChI is InChI=1S/C10H21N5/c1-9(2)13-5-4-11-6-10(3)15-8-12-7-14-15/h7-11,13H,4-6H2,1-3H3. The molecular weight excluding hydrogens is 190 g/mol. The molecule has 0 fully saturated rings. The van der Waals surface area contributed by atoms with Gasteiger partial charge in [0.25, 0.3) is 0 Å². The van der Waals surface area contributed by atoms with Gasteiger partial charge in [-0.25, -0.2) is 9.67 Å². The summed E-state index contributed by atoms with van der Waals surface area (Å²) in [5.74, 6) is 0. The van der Waals surface area contributed by atoms with Crippen LogP contribution in [0, 0.1) is 0 Å². The van der Waals surface area contributed by atoms with Gasteiger partial charge in [0.05, 0.1) is 6.04 Å². The third-order valence-electron chi connectivity index (χ3n) is 2.18. The maximum Gasteiger partial charge on any atom is 0.137 e. The summed E-state index contributed by atoms with van der Waals surface area (Å²) in [6.45, 7) is 9.33. The molecule has 1 unspecified atom stereocenters. The van der Waals surface area contributed by atoms with Crippen molar-refractivity contribution in [3.63, 3.8) is 0 Å². The lowest BCUT2D eigenvalue weighted by Gasteiger charge is -2.13. The van der Waals surface area contributed by atoms with Crippen molar-refractivity contribution in [2.45, 2.75) is 32.9 Å². The van der Waals surface area contributed by atoms with Gasteiger partial charge in [-0.15, -0.1) is 0 Å². The van der Waals surface area contributed by atoms with E-state index in [1.165, 1.54) is 0 Å². The van der Waals surface area contributed by atoms with Crippen molar-refractivity contribution in [1.29, 1.82) is 0 Å². The molecule has 15 heavy (non-hydrogen) atoms. The Kier molecular flexibility index (Phi) is 5.28. The van der Waals surface area contributed by atoms with E-state index in [0.717, 1.165) is 19.6 Å². The third-order valence-corrected chi connectivity index (χ3v) is 2.18. The molecule has 1 rings (SSSR count). The summed E-state index contributed by atoms with van der Waals surface area (Å²) in [7, 11) is 0. The topological polar surface area (TPSA) is 54.8 Å². The highest BCUT2D eigenvalue weighted by Gasteiger charge is 2.03. The minimum absolute atomic E-state index is 0.353. The third kappa shape index (κ3) is 4.90. The van der Waals surface area contributed by atoms with Gasteiger partial charge >= 0.3 is 0 Å². The summed E-state index contributed by atoms with van der Waals surface area (Å²) in [6, 6.07) is 0.908. The monoisotopic (exact) mass is 211 g/mol. The van der Waals surface area contributed by atoms with E-state index >= 15 is 0 Å². The zero-order valence-corrected chi connectivity index (χ0v) is 9.77. The molecule has 0 aliphatic carbocycles. The van der Waals surface area contributed by atoms with Crippen LogP contribution in [0.4, 0.5) is 0 Å². The van der Waals surface area contributed by atoms with E-state index in [1.807, 2.05) is 4.68 Å². The average Bonchev–Trinajstić information content (AvgIpc) is 2.69. The number of rotatable bonds is 7. The molecule has 1 heterocycles. The Morgan fingerprint density at radius 2 is 2.07 bits per heavy atom. The quantitative estimate of drug-likeness (QED) is 0.642. The second-order valence-corrected chi connectivity index (χ2v) is 4.04. The van der Waals surface area contributed by atoms with Crippen LogP contribution in [0.1, 0.15) is 26.8 Å². The predicted molar refractivity (Wildman–Crippen MR) is 60.7 cm³/mol. The van der Waals surface area contributed by atoms with E-state index in [2.05, 4.69) is 41.5 Å². The summed E-state index contributed by atoms with van der Waals surface area (Å²) in [6.07, 6.45) is 3.32. The molecule has 0 saturated carbocycles. The van der Waals surface area contributed by atoms with Crippen LogP contribution >= 0.6 is 0 Å². The van der Waals surface area contributed by atoms with Crippen molar-refractivity contribution in [3.05, 3.63) is 12.7 Å². The molecule has 5 nitrogen and oxygen atoms in total. The molecule has 0 aromatic carbocycles. The Morgan fingerprint density at radius 3 is 2.67 bits per heavy atom. The SMILES string of the molecule is CC(C)NCCNCC(C)n1cncn1.